The molecule has 3 rings (SSSR count). The standard InChI is InChI=1S/C14H16N4O3S/c1-21-12-3-5-13(6-4-12)22(19,20)18-9-11(10-18)17-14-15-7-2-8-16-14/h2-8,11H,9-10H2,1H3,(H,15,16,17). The quantitative estimate of drug-likeness (QED) is 0.884. The van der Waals surface area contributed by atoms with Gasteiger partial charge in [-0.05, 0) is 30.3 Å². The summed E-state index contributed by atoms with van der Waals surface area (Å²) in [4.78, 5) is 8.39. The lowest BCUT2D eigenvalue weighted by atomic mass is 10.2. The average molecular weight is 320 g/mol. The van der Waals surface area contributed by atoms with Crippen molar-refractivity contribution in [2.24, 2.45) is 0 Å². The summed E-state index contributed by atoms with van der Waals surface area (Å²) in [7, 11) is -1.91. The Hall–Kier alpha value is -2.19. The zero-order chi connectivity index (χ0) is 15.6. The Morgan fingerprint density at radius 1 is 1.18 bits per heavy atom. The monoisotopic (exact) mass is 320 g/mol. The number of sulfonamides is 1. The van der Waals surface area contributed by atoms with E-state index in [4.69, 9.17) is 4.74 Å². The van der Waals surface area contributed by atoms with Gasteiger partial charge in [0.1, 0.15) is 5.75 Å². The van der Waals surface area contributed by atoms with Crippen molar-refractivity contribution in [3.63, 3.8) is 0 Å². The third-order valence-corrected chi connectivity index (χ3v) is 5.29. The maximum Gasteiger partial charge on any atom is 0.243 e. The van der Waals surface area contributed by atoms with Gasteiger partial charge in [-0.3, -0.25) is 0 Å². The second-order valence-corrected chi connectivity index (χ2v) is 6.85. The predicted octanol–water partition coefficient (Wildman–Crippen LogP) is 0.970. The zero-order valence-corrected chi connectivity index (χ0v) is 12.8. The number of hydrogen-bond donors (Lipinski definition) is 1. The van der Waals surface area contributed by atoms with Gasteiger partial charge in [0.2, 0.25) is 16.0 Å². The Morgan fingerprint density at radius 3 is 2.41 bits per heavy atom. The number of ether oxygens (including phenoxy) is 1. The van der Waals surface area contributed by atoms with E-state index < -0.39 is 10.0 Å². The van der Waals surface area contributed by atoms with Crippen LogP contribution in [0, 0.1) is 0 Å². The van der Waals surface area contributed by atoms with E-state index >= 15 is 0 Å². The molecule has 0 bridgehead atoms. The lowest BCUT2D eigenvalue weighted by Gasteiger charge is -2.38. The maximum atomic E-state index is 12.4. The first kappa shape index (κ1) is 14.7. The number of benzene rings is 1. The summed E-state index contributed by atoms with van der Waals surface area (Å²) in [6.07, 6.45) is 3.28. The van der Waals surface area contributed by atoms with Gasteiger partial charge in [-0.2, -0.15) is 4.31 Å². The van der Waals surface area contributed by atoms with Crippen molar-refractivity contribution in [2.45, 2.75) is 10.9 Å². The largest absolute Gasteiger partial charge is 0.497 e. The van der Waals surface area contributed by atoms with Gasteiger partial charge in [-0.1, -0.05) is 0 Å². The van der Waals surface area contributed by atoms with Gasteiger partial charge in [0.15, 0.2) is 0 Å². The minimum atomic E-state index is -3.46. The molecular weight excluding hydrogens is 304 g/mol. The number of nitrogens with zero attached hydrogens (tertiary/aromatic N) is 3. The molecule has 0 amide bonds. The average Bonchev–Trinajstić information content (AvgIpc) is 2.51. The molecule has 1 N–H and O–H groups in total. The molecule has 1 aliphatic rings. The second kappa shape index (κ2) is 5.90. The molecule has 0 radical (unpaired) electrons. The lowest BCUT2D eigenvalue weighted by Crippen LogP contribution is -2.56. The highest BCUT2D eigenvalue weighted by atomic mass is 32.2. The fourth-order valence-electron chi connectivity index (χ4n) is 2.18. The van der Waals surface area contributed by atoms with Crippen molar-refractivity contribution < 1.29 is 13.2 Å². The highest BCUT2D eigenvalue weighted by Gasteiger charge is 2.36. The van der Waals surface area contributed by atoms with Crippen molar-refractivity contribution in [1.29, 1.82) is 0 Å². The Labute approximate surface area is 129 Å². The molecule has 1 fully saturated rings. The van der Waals surface area contributed by atoms with E-state index in [1.165, 1.54) is 4.31 Å². The van der Waals surface area contributed by atoms with Crippen LogP contribution in [0.3, 0.4) is 0 Å². The van der Waals surface area contributed by atoms with Gasteiger partial charge in [0, 0.05) is 25.5 Å². The van der Waals surface area contributed by atoms with Crippen LogP contribution in [-0.4, -0.2) is 48.9 Å². The van der Waals surface area contributed by atoms with Crippen LogP contribution >= 0.6 is 0 Å². The van der Waals surface area contributed by atoms with Crippen LogP contribution in [0.5, 0.6) is 5.75 Å². The molecule has 0 atom stereocenters. The Balaban J connectivity index is 1.63. The van der Waals surface area contributed by atoms with Gasteiger partial charge < -0.3 is 10.1 Å². The van der Waals surface area contributed by atoms with Crippen LogP contribution in [0.4, 0.5) is 5.95 Å². The van der Waals surface area contributed by atoms with Gasteiger partial charge in [-0.15, -0.1) is 0 Å². The molecule has 22 heavy (non-hydrogen) atoms. The SMILES string of the molecule is COc1ccc(S(=O)(=O)N2CC(Nc3ncccn3)C2)cc1. The van der Waals surface area contributed by atoms with E-state index in [0.717, 1.165) is 0 Å². The third kappa shape index (κ3) is 2.88. The van der Waals surface area contributed by atoms with E-state index in [9.17, 15) is 8.42 Å². The fraction of sp³-hybridized carbons (Fsp3) is 0.286. The van der Waals surface area contributed by atoms with Crippen molar-refractivity contribution >= 4 is 16.0 Å². The predicted molar refractivity (Wildman–Crippen MR) is 81.2 cm³/mol. The van der Waals surface area contributed by atoms with Crippen LogP contribution in [0.2, 0.25) is 0 Å². The molecule has 0 unspecified atom stereocenters. The van der Waals surface area contributed by atoms with E-state index in [1.807, 2.05) is 0 Å². The molecule has 0 aliphatic carbocycles. The summed E-state index contributed by atoms with van der Waals surface area (Å²) in [5.74, 6) is 1.14. The number of hydrogen-bond acceptors (Lipinski definition) is 6. The first-order chi connectivity index (χ1) is 10.6. The van der Waals surface area contributed by atoms with Crippen LogP contribution < -0.4 is 10.1 Å². The first-order valence-corrected chi connectivity index (χ1v) is 8.21. The van der Waals surface area contributed by atoms with Gasteiger partial charge in [0.05, 0.1) is 18.0 Å². The summed E-state index contributed by atoms with van der Waals surface area (Å²) in [5, 5.41) is 3.10. The number of anilines is 1. The molecule has 7 nitrogen and oxygen atoms in total. The maximum absolute atomic E-state index is 12.4. The Kier molecular flexibility index (Phi) is 3.95. The molecule has 116 valence electrons. The van der Waals surface area contributed by atoms with Gasteiger partial charge in [-0.25, -0.2) is 18.4 Å². The molecule has 0 spiro atoms. The number of aromatic nitrogens is 2. The van der Waals surface area contributed by atoms with Crippen LogP contribution in [-0.2, 0) is 10.0 Å². The van der Waals surface area contributed by atoms with E-state index in [0.29, 0.717) is 24.8 Å². The summed E-state index contributed by atoms with van der Waals surface area (Å²) < 4.78 is 31.3. The van der Waals surface area contributed by atoms with Crippen molar-refractivity contribution in [2.75, 3.05) is 25.5 Å². The molecule has 1 aromatic heterocycles. The molecule has 8 heteroatoms. The fourth-order valence-corrected chi connectivity index (χ4v) is 3.71. The molecular formula is C14H16N4O3S. The Morgan fingerprint density at radius 2 is 1.82 bits per heavy atom. The lowest BCUT2D eigenvalue weighted by molar-refractivity contribution is 0.280. The highest BCUT2D eigenvalue weighted by molar-refractivity contribution is 7.89. The van der Waals surface area contributed by atoms with Crippen molar-refractivity contribution in [1.82, 2.24) is 14.3 Å². The molecule has 2 aromatic rings. The summed E-state index contributed by atoms with van der Waals surface area (Å²) in [5.41, 5.74) is 0. The number of rotatable bonds is 5. The molecule has 1 aromatic carbocycles. The third-order valence-electron chi connectivity index (χ3n) is 3.44. The first-order valence-electron chi connectivity index (χ1n) is 6.77. The van der Waals surface area contributed by atoms with Crippen LogP contribution in [0.25, 0.3) is 0 Å². The van der Waals surface area contributed by atoms with Gasteiger partial charge in [0.25, 0.3) is 0 Å². The van der Waals surface area contributed by atoms with Gasteiger partial charge >= 0.3 is 0 Å². The molecule has 0 saturated carbocycles. The summed E-state index contributed by atoms with van der Waals surface area (Å²) in [6.45, 7) is 0.791. The summed E-state index contributed by atoms with van der Waals surface area (Å²) in [6, 6.07) is 8.13. The number of nitrogens with one attached hydrogen (secondary N) is 1. The molecule has 1 aliphatic heterocycles. The normalized spacial score (nSPS) is 16.0. The smallest absolute Gasteiger partial charge is 0.243 e. The van der Waals surface area contributed by atoms with E-state index in [1.54, 1.807) is 49.8 Å². The van der Waals surface area contributed by atoms with Crippen molar-refractivity contribution in [3.05, 3.63) is 42.7 Å². The zero-order valence-electron chi connectivity index (χ0n) is 12.0. The summed E-state index contributed by atoms with van der Waals surface area (Å²) >= 11 is 0. The minimum Gasteiger partial charge on any atom is -0.497 e. The highest BCUT2D eigenvalue weighted by Crippen LogP contribution is 2.24. The van der Waals surface area contributed by atoms with Crippen LogP contribution in [0.1, 0.15) is 0 Å². The molecule has 1 saturated heterocycles. The Bertz CT molecular complexity index is 728. The topological polar surface area (TPSA) is 84.4 Å². The molecule has 2 heterocycles. The van der Waals surface area contributed by atoms with E-state index in [-0.39, 0.29) is 10.9 Å². The van der Waals surface area contributed by atoms with E-state index in [2.05, 4.69) is 15.3 Å². The number of methoxy groups -OCH3 is 1. The second-order valence-electron chi connectivity index (χ2n) is 4.91. The van der Waals surface area contributed by atoms with Crippen molar-refractivity contribution in [3.8, 4) is 5.75 Å². The minimum absolute atomic E-state index is 0.0235. The van der Waals surface area contributed by atoms with Crippen LogP contribution in [0.15, 0.2) is 47.6 Å².